The van der Waals surface area contributed by atoms with Crippen LogP contribution in [0.25, 0.3) is 0 Å². The fraction of sp³-hybridized carbons (Fsp3) is 0.667. The largest absolute Gasteiger partial charge is 0.493 e. The predicted molar refractivity (Wildman–Crippen MR) is 107 cm³/mol. The molecule has 7 nitrogen and oxygen atoms in total. The first-order valence-corrected chi connectivity index (χ1v) is 11.7. The van der Waals surface area contributed by atoms with Crippen LogP contribution < -0.4 is 13.6 Å². The van der Waals surface area contributed by atoms with Crippen molar-refractivity contribution in [2.75, 3.05) is 7.11 Å². The van der Waals surface area contributed by atoms with E-state index in [2.05, 4.69) is 6.92 Å². The van der Waals surface area contributed by atoms with E-state index in [1.54, 1.807) is 6.07 Å². The van der Waals surface area contributed by atoms with Gasteiger partial charge in [0.1, 0.15) is 0 Å². The maximum Gasteiger partial charge on any atom is 0.409 e. The Hall–Kier alpha value is -1.80. The number of benzene rings is 1. The zero-order chi connectivity index (χ0) is 21.0. The van der Waals surface area contributed by atoms with E-state index < -0.39 is 16.2 Å². The minimum absolute atomic E-state index is 0.0121. The third kappa shape index (κ3) is 3.50. The van der Waals surface area contributed by atoms with Gasteiger partial charge >= 0.3 is 10.3 Å². The molecule has 3 aliphatic rings. The van der Waals surface area contributed by atoms with E-state index in [9.17, 15) is 18.3 Å². The lowest BCUT2D eigenvalue weighted by molar-refractivity contribution is -0.117. The molecule has 0 bridgehead atoms. The summed E-state index contributed by atoms with van der Waals surface area (Å²) in [6.45, 7) is 3.35. The van der Waals surface area contributed by atoms with Gasteiger partial charge in [-0.15, -0.1) is 0 Å². The van der Waals surface area contributed by atoms with E-state index in [-0.39, 0.29) is 17.3 Å². The molecule has 1 aromatic rings. The molecule has 4 rings (SSSR count). The molecule has 160 valence electrons. The maximum absolute atomic E-state index is 12.0. The van der Waals surface area contributed by atoms with Gasteiger partial charge in [0.05, 0.1) is 13.2 Å². The van der Waals surface area contributed by atoms with Crippen molar-refractivity contribution in [1.29, 1.82) is 0 Å². The predicted octanol–water partition coefficient (Wildman–Crippen LogP) is 2.67. The topological polar surface area (TPSA) is 102 Å². The van der Waals surface area contributed by atoms with Gasteiger partial charge in [-0.2, -0.15) is 8.42 Å². The van der Waals surface area contributed by atoms with Crippen molar-refractivity contribution >= 4 is 16.2 Å². The van der Waals surface area contributed by atoms with E-state index in [0.29, 0.717) is 23.5 Å². The quantitative estimate of drug-likeness (QED) is 0.772. The smallest absolute Gasteiger partial charge is 0.409 e. The number of nitrogens with one attached hydrogen (secondary N) is 1. The van der Waals surface area contributed by atoms with Gasteiger partial charge in [0.2, 0.25) is 5.91 Å². The van der Waals surface area contributed by atoms with E-state index >= 15 is 0 Å². The highest BCUT2D eigenvalue weighted by Gasteiger charge is 2.54. The highest BCUT2D eigenvalue weighted by molar-refractivity contribution is 7.85. The molecule has 5 atom stereocenters. The third-order valence-corrected chi connectivity index (χ3v) is 8.36. The summed E-state index contributed by atoms with van der Waals surface area (Å²) < 4.78 is 36.4. The average molecular weight is 424 g/mol. The Labute approximate surface area is 172 Å². The Morgan fingerprint density at radius 2 is 1.97 bits per heavy atom. The van der Waals surface area contributed by atoms with Crippen LogP contribution in [0.5, 0.6) is 11.5 Å². The zero-order valence-electron chi connectivity index (χ0n) is 17.1. The molecule has 1 amide bonds. The number of rotatable bonds is 4. The van der Waals surface area contributed by atoms with Crippen LogP contribution in [0.2, 0.25) is 0 Å². The normalized spacial score (nSPS) is 33.2. The van der Waals surface area contributed by atoms with E-state index in [0.717, 1.165) is 51.0 Å². The van der Waals surface area contributed by atoms with Gasteiger partial charge in [-0.3, -0.25) is 4.79 Å². The minimum atomic E-state index is -4.25. The molecule has 0 radical (unpaired) electrons. The number of ether oxygens (including phenoxy) is 1. The van der Waals surface area contributed by atoms with Gasteiger partial charge in [0.15, 0.2) is 11.5 Å². The second-order valence-electron chi connectivity index (χ2n) is 8.95. The van der Waals surface area contributed by atoms with Crippen LogP contribution in [0.15, 0.2) is 12.1 Å². The number of amides is 1. The molecule has 1 aromatic carbocycles. The number of fused-ring (bicyclic) bond motifs is 5. The van der Waals surface area contributed by atoms with Gasteiger partial charge in [-0.25, -0.2) is 4.72 Å². The second-order valence-corrected chi connectivity index (χ2v) is 10.2. The lowest BCUT2D eigenvalue weighted by Crippen LogP contribution is -2.43. The van der Waals surface area contributed by atoms with Crippen LogP contribution in [0, 0.1) is 17.3 Å². The standard InChI is InChI=1S/C21H29NO6S/c1-12(23)22-29(25,26)28-19-10-13-4-5-15-14(16(13)11-18(19)27-3)8-9-21(2)17(15)6-7-20(21)24/h10-11,14-15,17,20,24H,4-9H2,1-3H3,(H,22,23)/t14-,15+,17-,20+,21-/m0/s1. The Bertz CT molecular complexity index is 929. The summed E-state index contributed by atoms with van der Waals surface area (Å²) in [7, 11) is -2.77. The third-order valence-electron chi connectivity index (χ3n) is 7.43. The van der Waals surface area contributed by atoms with Crippen LogP contribution in [0.1, 0.15) is 63.0 Å². The average Bonchev–Trinajstić information content (AvgIpc) is 2.94. The minimum Gasteiger partial charge on any atom is -0.493 e. The number of hydrogen-bond donors (Lipinski definition) is 2. The SMILES string of the molecule is COc1cc2c(cc1OS(=O)(=O)NC(C)=O)CC[C@@H]1[C@@H]2CC[C@]2(C)[C@H](O)CC[C@@H]12. The number of aliphatic hydroxyl groups excluding tert-OH is 1. The molecule has 0 unspecified atom stereocenters. The number of carbonyl (C=O) groups is 1. The van der Waals surface area contributed by atoms with Crippen LogP contribution in [0.3, 0.4) is 0 Å². The zero-order valence-corrected chi connectivity index (χ0v) is 17.9. The molecule has 0 aliphatic heterocycles. The summed E-state index contributed by atoms with van der Waals surface area (Å²) in [4.78, 5) is 11.1. The van der Waals surface area contributed by atoms with Gasteiger partial charge in [-0.1, -0.05) is 6.92 Å². The van der Waals surface area contributed by atoms with Crippen LogP contribution in [-0.2, 0) is 21.5 Å². The number of methoxy groups -OCH3 is 1. The fourth-order valence-electron chi connectivity index (χ4n) is 6.09. The molecule has 0 aromatic heterocycles. The van der Waals surface area contributed by atoms with Crippen molar-refractivity contribution < 1.29 is 27.2 Å². The summed E-state index contributed by atoms with van der Waals surface area (Å²) in [5.74, 6) is 1.16. The van der Waals surface area contributed by atoms with E-state index in [1.165, 1.54) is 12.7 Å². The lowest BCUT2D eigenvalue weighted by Gasteiger charge is -2.50. The maximum atomic E-state index is 12.0. The number of carbonyl (C=O) groups excluding carboxylic acids is 1. The second kappa shape index (κ2) is 7.16. The van der Waals surface area contributed by atoms with Crippen LogP contribution >= 0.6 is 0 Å². The summed E-state index contributed by atoms with van der Waals surface area (Å²) in [6, 6.07) is 3.64. The molecular weight excluding hydrogens is 394 g/mol. The van der Waals surface area contributed by atoms with Crippen molar-refractivity contribution in [3.8, 4) is 11.5 Å². The molecule has 2 N–H and O–H groups in total. The molecule has 8 heteroatoms. The number of aliphatic hydroxyl groups is 1. The first kappa shape index (κ1) is 20.5. The molecule has 0 saturated heterocycles. The van der Waals surface area contributed by atoms with E-state index in [1.807, 2.05) is 10.8 Å². The van der Waals surface area contributed by atoms with Gasteiger partial charge in [-0.05, 0) is 85.0 Å². The summed E-state index contributed by atoms with van der Waals surface area (Å²) in [6.07, 6.45) is 5.61. The van der Waals surface area contributed by atoms with E-state index in [4.69, 9.17) is 8.92 Å². The van der Waals surface area contributed by atoms with Crippen molar-refractivity contribution in [3.05, 3.63) is 23.3 Å². The summed E-state index contributed by atoms with van der Waals surface area (Å²) >= 11 is 0. The van der Waals surface area contributed by atoms with Crippen molar-refractivity contribution in [3.63, 3.8) is 0 Å². The monoisotopic (exact) mass is 423 g/mol. The first-order valence-electron chi connectivity index (χ1n) is 10.3. The first-order chi connectivity index (χ1) is 13.6. The van der Waals surface area contributed by atoms with Gasteiger partial charge in [0.25, 0.3) is 0 Å². The fourth-order valence-corrected chi connectivity index (χ4v) is 6.85. The van der Waals surface area contributed by atoms with Crippen molar-refractivity contribution in [2.24, 2.45) is 17.3 Å². The molecule has 29 heavy (non-hydrogen) atoms. The Morgan fingerprint density at radius 3 is 2.66 bits per heavy atom. The highest BCUT2D eigenvalue weighted by atomic mass is 32.2. The summed E-state index contributed by atoms with van der Waals surface area (Å²) in [5.41, 5.74) is 2.28. The van der Waals surface area contributed by atoms with Crippen LogP contribution in [0.4, 0.5) is 0 Å². The van der Waals surface area contributed by atoms with Gasteiger partial charge < -0.3 is 14.0 Å². The molecular formula is C21H29NO6S. The number of aryl methyl sites for hydroxylation is 1. The Balaban J connectivity index is 1.66. The molecule has 0 heterocycles. The number of hydrogen-bond acceptors (Lipinski definition) is 6. The molecule has 2 saturated carbocycles. The van der Waals surface area contributed by atoms with Crippen molar-refractivity contribution in [1.82, 2.24) is 4.72 Å². The lowest BCUT2D eigenvalue weighted by atomic mass is 9.55. The van der Waals surface area contributed by atoms with Crippen LogP contribution in [-0.4, -0.2) is 32.6 Å². The van der Waals surface area contributed by atoms with Crippen molar-refractivity contribution in [2.45, 2.75) is 64.4 Å². The van der Waals surface area contributed by atoms with Gasteiger partial charge in [0, 0.05) is 6.92 Å². The molecule has 2 fully saturated rings. The Kier molecular flexibility index (Phi) is 5.06. The molecule has 0 spiro atoms. The Morgan fingerprint density at radius 1 is 1.21 bits per heavy atom. The highest BCUT2D eigenvalue weighted by Crippen LogP contribution is 2.61. The summed E-state index contributed by atoms with van der Waals surface area (Å²) in [5, 5.41) is 10.5. The molecule has 3 aliphatic carbocycles.